The van der Waals surface area contributed by atoms with E-state index in [2.05, 4.69) is 20.9 Å². The molecule has 3 atom stereocenters. The lowest BCUT2D eigenvalue weighted by atomic mass is 10.00. The molecule has 31 heavy (non-hydrogen) atoms. The van der Waals surface area contributed by atoms with Crippen molar-refractivity contribution in [2.45, 2.75) is 32.4 Å². The molecule has 166 valence electrons. The monoisotopic (exact) mass is 489 g/mol. The van der Waals surface area contributed by atoms with E-state index in [1.807, 2.05) is 44.2 Å². The number of benzene rings is 1. The first-order chi connectivity index (χ1) is 14.8. The maximum absolute atomic E-state index is 13.1. The van der Waals surface area contributed by atoms with Crippen molar-refractivity contribution >= 4 is 27.7 Å². The molecule has 1 N–H and O–H groups in total. The molecular weight excluding hydrogens is 462 g/mol. The van der Waals surface area contributed by atoms with Crippen LogP contribution in [0.1, 0.15) is 29.8 Å². The average Bonchev–Trinajstić information content (AvgIpc) is 2.76. The zero-order valence-corrected chi connectivity index (χ0v) is 19.6. The lowest BCUT2D eigenvalue weighted by Gasteiger charge is -2.37. The minimum Gasteiger partial charge on any atom is -0.472 e. The molecule has 3 rings (SSSR count). The van der Waals surface area contributed by atoms with E-state index in [4.69, 9.17) is 4.74 Å². The van der Waals surface area contributed by atoms with Crippen LogP contribution < -0.4 is 4.74 Å². The number of hydrogen-bond donors (Lipinski definition) is 1. The van der Waals surface area contributed by atoms with Crippen LogP contribution >= 0.6 is 15.9 Å². The number of pyridine rings is 1. The first-order valence-electron chi connectivity index (χ1n) is 10.3. The molecule has 0 spiro atoms. The minimum atomic E-state index is -0.362. The van der Waals surface area contributed by atoms with E-state index in [0.717, 1.165) is 5.56 Å². The Labute approximate surface area is 191 Å². The highest BCUT2D eigenvalue weighted by atomic mass is 79.9. The van der Waals surface area contributed by atoms with Gasteiger partial charge < -0.3 is 19.6 Å². The van der Waals surface area contributed by atoms with Gasteiger partial charge in [-0.15, -0.1) is 0 Å². The molecule has 1 aliphatic rings. The molecule has 0 saturated carbocycles. The molecule has 8 heteroatoms. The van der Waals surface area contributed by atoms with Gasteiger partial charge in [0.2, 0.25) is 11.8 Å². The Bertz CT molecular complexity index is 924. The number of fused-ring (bicyclic) bond motifs is 1. The van der Waals surface area contributed by atoms with Gasteiger partial charge in [-0.25, -0.2) is 4.98 Å². The van der Waals surface area contributed by atoms with E-state index in [1.165, 1.54) is 0 Å². The van der Waals surface area contributed by atoms with Crippen LogP contribution in [0.4, 0.5) is 0 Å². The Hall–Kier alpha value is -2.45. The molecule has 0 bridgehead atoms. The number of carbonyl (C=O) groups excluding carboxylic acids is 2. The summed E-state index contributed by atoms with van der Waals surface area (Å²) in [5, 5.41) is 9.68. The Kier molecular flexibility index (Phi) is 7.67. The molecule has 1 aromatic heterocycles. The molecule has 0 radical (unpaired) electrons. The Morgan fingerprint density at radius 2 is 2.10 bits per heavy atom. The molecule has 0 fully saturated rings. The predicted molar refractivity (Wildman–Crippen MR) is 121 cm³/mol. The summed E-state index contributed by atoms with van der Waals surface area (Å²) in [6.45, 7) is 4.41. The molecule has 0 aliphatic carbocycles. The average molecular weight is 490 g/mol. The summed E-state index contributed by atoms with van der Waals surface area (Å²) in [5.74, 6) is -0.0822. The van der Waals surface area contributed by atoms with Crippen LogP contribution in [-0.4, -0.2) is 70.6 Å². The second-order valence-corrected chi connectivity index (χ2v) is 8.98. The Morgan fingerprint density at radius 3 is 2.77 bits per heavy atom. The van der Waals surface area contributed by atoms with E-state index in [1.54, 1.807) is 29.1 Å². The quantitative estimate of drug-likeness (QED) is 0.674. The van der Waals surface area contributed by atoms with E-state index in [-0.39, 0.29) is 42.4 Å². The van der Waals surface area contributed by atoms with Gasteiger partial charge in [0.15, 0.2) is 0 Å². The summed E-state index contributed by atoms with van der Waals surface area (Å²) in [6, 6.07) is 10.9. The fourth-order valence-corrected chi connectivity index (χ4v) is 3.90. The lowest BCUT2D eigenvalue weighted by molar-refractivity contribution is -0.130. The zero-order chi connectivity index (χ0) is 22.5. The normalized spacial score (nSPS) is 19.6. The number of aromatic nitrogens is 1. The largest absolute Gasteiger partial charge is 0.472 e. The summed E-state index contributed by atoms with van der Waals surface area (Å²) in [7, 11) is 1.76. The number of aliphatic hydroxyl groups excluding tert-OH is 1. The second-order valence-electron chi connectivity index (χ2n) is 8.07. The van der Waals surface area contributed by atoms with Crippen molar-refractivity contribution in [2.75, 3.05) is 26.7 Å². The zero-order valence-electron chi connectivity index (χ0n) is 18.0. The third-order valence-electron chi connectivity index (χ3n) is 5.57. The summed E-state index contributed by atoms with van der Waals surface area (Å²) in [6.07, 6.45) is 1.53. The van der Waals surface area contributed by atoms with Crippen molar-refractivity contribution in [3.8, 4) is 5.88 Å². The topological polar surface area (TPSA) is 83.0 Å². The van der Waals surface area contributed by atoms with E-state index >= 15 is 0 Å². The van der Waals surface area contributed by atoms with Crippen LogP contribution in [0.15, 0.2) is 47.1 Å². The standard InChI is InChI=1S/C23H28BrN3O4/c1-15-12-27(16(2)14-28)23(30)19-10-18(24)11-25-22(19)31-20(15)13-26(3)21(29)9-17-7-5-4-6-8-17/h4-8,10-11,15-16,20,28H,9,12-14H2,1-3H3/t15-,16-,20+/m1/s1. The fourth-order valence-electron chi connectivity index (χ4n) is 3.57. The number of halogens is 1. The number of ether oxygens (including phenoxy) is 1. The fraction of sp³-hybridized carbons (Fsp3) is 0.435. The van der Waals surface area contributed by atoms with Crippen LogP contribution in [-0.2, 0) is 11.2 Å². The third kappa shape index (κ3) is 5.62. The Balaban J connectivity index is 1.83. The van der Waals surface area contributed by atoms with Gasteiger partial charge in [0, 0.05) is 30.2 Å². The number of rotatable bonds is 6. The highest BCUT2D eigenvalue weighted by Crippen LogP contribution is 2.28. The summed E-state index contributed by atoms with van der Waals surface area (Å²) in [4.78, 5) is 33.5. The third-order valence-corrected chi connectivity index (χ3v) is 6.00. The van der Waals surface area contributed by atoms with Crippen LogP contribution in [0, 0.1) is 5.92 Å². The smallest absolute Gasteiger partial charge is 0.259 e. The van der Waals surface area contributed by atoms with Gasteiger partial charge in [-0.05, 0) is 34.5 Å². The molecule has 0 unspecified atom stereocenters. The number of likely N-dealkylation sites (N-methyl/N-ethyl adjacent to an activating group) is 1. The number of aliphatic hydroxyl groups is 1. The first kappa shape index (κ1) is 23.2. The minimum absolute atomic E-state index is 0.00953. The number of amides is 2. The predicted octanol–water partition coefficient (Wildman–Crippen LogP) is 2.77. The van der Waals surface area contributed by atoms with Gasteiger partial charge in [0.25, 0.3) is 5.91 Å². The van der Waals surface area contributed by atoms with Crippen molar-refractivity contribution in [1.29, 1.82) is 0 Å². The van der Waals surface area contributed by atoms with Gasteiger partial charge in [-0.2, -0.15) is 0 Å². The molecule has 7 nitrogen and oxygen atoms in total. The summed E-state index contributed by atoms with van der Waals surface area (Å²) < 4.78 is 6.84. The van der Waals surface area contributed by atoms with Crippen molar-refractivity contribution in [2.24, 2.45) is 5.92 Å². The number of hydrogen-bond acceptors (Lipinski definition) is 5. The molecule has 0 saturated heterocycles. The van der Waals surface area contributed by atoms with E-state index < -0.39 is 0 Å². The highest BCUT2D eigenvalue weighted by molar-refractivity contribution is 9.10. The van der Waals surface area contributed by atoms with Gasteiger partial charge in [-0.1, -0.05) is 37.3 Å². The Morgan fingerprint density at radius 1 is 1.39 bits per heavy atom. The van der Waals surface area contributed by atoms with Crippen LogP contribution in [0.5, 0.6) is 5.88 Å². The van der Waals surface area contributed by atoms with Gasteiger partial charge in [-0.3, -0.25) is 9.59 Å². The van der Waals surface area contributed by atoms with Crippen molar-refractivity contribution < 1.29 is 19.4 Å². The lowest BCUT2D eigenvalue weighted by Crippen LogP contribution is -2.50. The second kappa shape index (κ2) is 10.2. The van der Waals surface area contributed by atoms with E-state index in [9.17, 15) is 14.7 Å². The highest BCUT2D eigenvalue weighted by Gasteiger charge is 2.34. The van der Waals surface area contributed by atoms with Crippen molar-refractivity contribution in [3.63, 3.8) is 0 Å². The summed E-state index contributed by atoms with van der Waals surface area (Å²) >= 11 is 3.36. The van der Waals surface area contributed by atoms with Crippen molar-refractivity contribution in [1.82, 2.24) is 14.8 Å². The van der Waals surface area contributed by atoms with Crippen LogP contribution in [0.3, 0.4) is 0 Å². The molecule has 1 aromatic carbocycles. The SMILES string of the molecule is C[C@@H]1CN([C@H](C)CO)C(=O)c2cc(Br)cnc2O[C@H]1CN(C)C(=O)Cc1ccccc1. The van der Waals surface area contributed by atoms with Crippen molar-refractivity contribution in [3.05, 3.63) is 58.2 Å². The first-order valence-corrected chi connectivity index (χ1v) is 11.1. The number of carbonyl (C=O) groups is 2. The van der Waals surface area contributed by atoms with Gasteiger partial charge in [0.05, 0.1) is 25.6 Å². The van der Waals surface area contributed by atoms with Crippen LogP contribution in [0.2, 0.25) is 0 Å². The molecule has 2 amide bonds. The van der Waals surface area contributed by atoms with E-state index in [0.29, 0.717) is 29.5 Å². The van der Waals surface area contributed by atoms with Gasteiger partial charge in [0.1, 0.15) is 11.7 Å². The molecule has 2 aromatic rings. The molecular formula is C23H28BrN3O4. The number of nitrogens with zero attached hydrogens (tertiary/aromatic N) is 3. The summed E-state index contributed by atoms with van der Waals surface area (Å²) in [5.41, 5.74) is 1.29. The van der Waals surface area contributed by atoms with Crippen LogP contribution in [0.25, 0.3) is 0 Å². The molecule has 2 heterocycles. The van der Waals surface area contributed by atoms with Gasteiger partial charge >= 0.3 is 0 Å². The maximum Gasteiger partial charge on any atom is 0.259 e. The molecule has 1 aliphatic heterocycles. The maximum atomic E-state index is 13.1.